The fraction of sp³-hybridized carbons (Fsp3) is 0.435. The van der Waals surface area contributed by atoms with Crippen LogP contribution in [0, 0.1) is 6.42 Å². The Morgan fingerprint density at radius 2 is 1.56 bits per heavy atom. The van der Waals surface area contributed by atoms with Gasteiger partial charge in [0.25, 0.3) is 0 Å². The lowest BCUT2D eigenvalue weighted by Crippen LogP contribution is -2.39. The molecule has 1 N–H and O–H groups in total. The first-order valence-corrected chi connectivity index (χ1v) is 10.2. The molecule has 1 saturated heterocycles. The molecule has 1 heterocycles. The third kappa shape index (κ3) is 5.95. The van der Waals surface area contributed by atoms with E-state index < -0.39 is 35.6 Å². The summed E-state index contributed by atoms with van der Waals surface area (Å²) < 4.78 is 84.6. The summed E-state index contributed by atoms with van der Waals surface area (Å²) in [5, 5.41) is 9.83. The maximum atomic E-state index is 13.2. The Kier molecular flexibility index (Phi) is 7.39. The number of aliphatic hydroxyl groups excluding tert-OH is 1. The zero-order valence-electron chi connectivity index (χ0n) is 17.4. The Morgan fingerprint density at radius 3 is 2.09 bits per heavy atom. The first kappa shape index (κ1) is 24.4. The lowest BCUT2D eigenvalue weighted by atomic mass is 9.93. The van der Waals surface area contributed by atoms with Crippen molar-refractivity contribution in [3.05, 3.63) is 71.1 Å². The van der Waals surface area contributed by atoms with E-state index in [0.717, 1.165) is 17.7 Å². The SMILES string of the molecule is COc1ccccc1C([CH]Cc1cc(C(F)(F)F)cc(C(F)(F)F)c1)N1CCC(O)CC1. The average molecular weight is 460 g/mol. The molecule has 0 bridgehead atoms. The van der Waals surface area contributed by atoms with E-state index in [1.165, 1.54) is 7.11 Å². The first-order chi connectivity index (χ1) is 15.0. The van der Waals surface area contributed by atoms with E-state index in [2.05, 4.69) is 0 Å². The number of ether oxygens (including phenoxy) is 1. The van der Waals surface area contributed by atoms with Gasteiger partial charge in [0.15, 0.2) is 0 Å². The monoisotopic (exact) mass is 460 g/mol. The maximum Gasteiger partial charge on any atom is 0.416 e. The molecule has 0 aliphatic carbocycles. The van der Waals surface area contributed by atoms with Gasteiger partial charge < -0.3 is 9.84 Å². The number of hydrogen-bond acceptors (Lipinski definition) is 3. The van der Waals surface area contributed by atoms with Crippen LogP contribution in [0.4, 0.5) is 26.3 Å². The van der Waals surface area contributed by atoms with Gasteiger partial charge in [-0.3, -0.25) is 4.90 Å². The molecule has 1 radical (unpaired) electrons. The van der Waals surface area contributed by atoms with Crippen LogP contribution in [0.5, 0.6) is 5.75 Å². The smallest absolute Gasteiger partial charge is 0.416 e. The standard InChI is InChI=1S/C23H24F6NO2/c1-32-21-5-3-2-4-19(21)20(30-10-8-18(31)9-11-30)7-6-15-12-16(22(24,25)26)14-17(13-15)23(27,28)29/h2-5,7,12-14,18,20,31H,6,8-11H2,1H3. The van der Waals surface area contributed by atoms with Gasteiger partial charge in [-0.25, -0.2) is 0 Å². The molecule has 32 heavy (non-hydrogen) atoms. The number of halogens is 6. The van der Waals surface area contributed by atoms with Crippen molar-refractivity contribution in [2.24, 2.45) is 0 Å². The molecule has 0 saturated carbocycles. The predicted molar refractivity (Wildman–Crippen MR) is 107 cm³/mol. The largest absolute Gasteiger partial charge is 0.496 e. The molecule has 1 aliphatic heterocycles. The van der Waals surface area contributed by atoms with Crippen LogP contribution in [-0.4, -0.2) is 36.3 Å². The minimum Gasteiger partial charge on any atom is -0.496 e. The van der Waals surface area contributed by atoms with Gasteiger partial charge in [-0.1, -0.05) is 18.2 Å². The lowest BCUT2D eigenvalue weighted by Gasteiger charge is -2.37. The minimum atomic E-state index is -4.89. The number of piperidine rings is 1. The second-order valence-corrected chi connectivity index (χ2v) is 7.81. The van der Waals surface area contributed by atoms with Crippen molar-refractivity contribution in [2.75, 3.05) is 20.2 Å². The van der Waals surface area contributed by atoms with Crippen molar-refractivity contribution in [1.82, 2.24) is 4.90 Å². The zero-order valence-corrected chi connectivity index (χ0v) is 17.4. The normalized spacial score (nSPS) is 17.4. The Hall–Kier alpha value is -2.26. The lowest BCUT2D eigenvalue weighted by molar-refractivity contribution is -0.143. The van der Waals surface area contributed by atoms with Crippen LogP contribution in [-0.2, 0) is 18.8 Å². The van der Waals surface area contributed by atoms with Crippen LogP contribution in [0.1, 0.15) is 41.1 Å². The molecule has 9 heteroatoms. The van der Waals surface area contributed by atoms with E-state index in [-0.39, 0.29) is 18.1 Å². The molecule has 1 unspecified atom stereocenters. The number of hydrogen-bond donors (Lipinski definition) is 1. The Bertz CT molecular complexity index is 872. The Labute approximate surface area is 182 Å². The highest BCUT2D eigenvalue weighted by molar-refractivity contribution is 5.39. The summed E-state index contributed by atoms with van der Waals surface area (Å²) in [5.41, 5.74) is -1.98. The highest BCUT2D eigenvalue weighted by Crippen LogP contribution is 2.38. The topological polar surface area (TPSA) is 32.7 Å². The summed E-state index contributed by atoms with van der Waals surface area (Å²) in [4.78, 5) is 2.04. The second kappa shape index (κ2) is 9.70. The molecule has 2 aromatic rings. The Morgan fingerprint density at radius 1 is 1.00 bits per heavy atom. The van der Waals surface area contributed by atoms with Gasteiger partial charge in [-0.2, -0.15) is 26.3 Å². The van der Waals surface area contributed by atoms with E-state index in [0.29, 0.717) is 31.7 Å². The molecule has 1 atom stereocenters. The fourth-order valence-electron chi connectivity index (χ4n) is 3.93. The third-order valence-electron chi connectivity index (χ3n) is 5.57. The van der Waals surface area contributed by atoms with Crippen molar-refractivity contribution in [2.45, 2.75) is 43.8 Å². The summed E-state index contributed by atoms with van der Waals surface area (Å²) in [7, 11) is 1.50. The van der Waals surface area contributed by atoms with Crippen LogP contribution < -0.4 is 4.74 Å². The molecular formula is C23H24F6NO2. The highest BCUT2D eigenvalue weighted by Gasteiger charge is 2.37. The molecule has 1 aliphatic rings. The summed E-state index contributed by atoms with van der Waals surface area (Å²) in [5.74, 6) is 0.569. The molecule has 1 fully saturated rings. The van der Waals surface area contributed by atoms with Crippen LogP contribution in [0.2, 0.25) is 0 Å². The maximum absolute atomic E-state index is 13.2. The quantitative estimate of drug-likeness (QED) is 0.564. The zero-order chi connectivity index (χ0) is 23.5. The Balaban J connectivity index is 1.92. The molecule has 175 valence electrons. The van der Waals surface area contributed by atoms with E-state index in [4.69, 9.17) is 4.74 Å². The van der Waals surface area contributed by atoms with Gasteiger partial charge >= 0.3 is 12.4 Å². The van der Waals surface area contributed by atoms with Gasteiger partial charge in [-0.05, 0) is 55.5 Å². The highest BCUT2D eigenvalue weighted by atomic mass is 19.4. The minimum absolute atomic E-state index is 0.0795. The molecule has 0 aromatic heterocycles. The fourth-order valence-corrected chi connectivity index (χ4v) is 3.93. The van der Waals surface area contributed by atoms with Crippen LogP contribution in [0.3, 0.4) is 0 Å². The molecule has 0 spiro atoms. The van der Waals surface area contributed by atoms with Gasteiger partial charge in [0.2, 0.25) is 0 Å². The average Bonchev–Trinajstić information content (AvgIpc) is 2.74. The van der Waals surface area contributed by atoms with E-state index >= 15 is 0 Å². The number of rotatable bonds is 6. The van der Waals surface area contributed by atoms with Crippen molar-refractivity contribution in [3.63, 3.8) is 0 Å². The van der Waals surface area contributed by atoms with Crippen molar-refractivity contribution in [1.29, 1.82) is 0 Å². The number of nitrogens with zero attached hydrogens (tertiary/aromatic N) is 1. The van der Waals surface area contributed by atoms with E-state index in [1.54, 1.807) is 24.6 Å². The molecule has 3 nitrogen and oxygen atoms in total. The number of aliphatic hydroxyl groups is 1. The number of methoxy groups -OCH3 is 1. The van der Waals surface area contributed by atoms with Crippen LogP contribution in [0.25, 0.3) is 0 Å². The van der Waals surface area contributed by atoms with Crippen molar-refractivity contribution < 1.29 is 36.2 Å². The van der Waals surface area contributed by atoms with Crippen LogP contribution >= 0.6 is 0 Å². The predicted octanol–water partition coefficient (Wildman–Crippen LogP) is 5.68. The summed E-state index contributed by atoms with van der Waals surface area (Å²) in [6.07, 6.45) is -7.55. The number of benzene rings is 2. The van der Waals surface area contributed by atoms with Gasteiger partial charge in [0.1, 0.15) is 5.75 Å². The molecule has 2 aromatic carbocycles. The van der Waals surface area contributed by atoms with E-state index in [1.807, 2.05) is 11.0 Å². The van der Waals surface area contributed by atoms with E-state index in [9.17, 15) is 31.4 Å². The van der Waals surface area contributed by atoms with Gasteiger partial charge in [0, 0.05) is 24.7 Å². The number of para-hydroxylation sites is 1. The third-order valence-corrected chi connectivity index (χ3v) is 5.57. The summed E-state index contributed by atoms with van der Waals surface area (Å²) >= 11 is 0. The first-order valence-electron chi connectivity index (χ1n) is 10.2. The van der Waals surface area contributed by atoms with Crippen molar-refractivity contribution >= 4 is 0 Å². The van der Waals surface area contributed by atoms with Gasteiger partial charge in [0.05, 0.1) is 24.3 Å². The number of alkyl halides is 6. The van der Waals surface area contributed by atoms with Crippen molar-refractivity contribution in [3.8, 4) is 5.75 Å². The molecule has 0 amide bonds. The summed E-state index contributed by atoms with van der Waals surface area (Å²) in [6, 6.07) is 8.39. The van der Waals surface area contributed by atoms with Crippen LogP contribution in [0.15, 0.2) is 42.5 Å². The molecular weight excluding hydrogens is 436 g/mol. The molecule has 3 rings (SSSR count). The van der Waals surface area contributed by atoms with Gasteiger partial charge in [-0.15, -0.1) is 0 Å². The number of likely N-dealkylation sites (tertiary alicyclic amines) is 1. The summed E-state index contributed by atoms with van der Waals surface area (Å²) in [6.45, 7) is 1.08. The second-order valence-electron chi connectivity index (χ2n) is 7.81.